The van der Waals surface area contributed by atoms with Crippen LogP contribution in [-0.2, 0) is 0 Å². The van der Waals surface area contributed by atoms with Crippen LogP contribution < -0.4 is 4.74 Å². The van der Waals surface area contributed by atoms with E-state index >= 15 is 0 Å². The van der Waals surface area contributed by atoms with Gasteiger partial charge in [0.25, 0.3) is 0 Å². The van der Waals surface area contributed by atoms with Gasteiger partial charge in [0.2, 0.25) is 0 Å². The summed E-state index contributed by atoms with van der Waals surface area (Å²) >= 11 is 4.62. The maximum Gasteiger partial charge on any atom is 0.487 e. The highest BCUT2D eigenvalue weighted by molar-refractivity contribution is 6.20. The molecule has 1 nitrogen and oxygen atoms in total. The summed E-state index contributed by atoms with van der Waals surface area (Å²) in [5, 5.41) is 0. The molecule has 0 saturated heterocycles. The Morgan fingerprint density at radius 2 is 1.92 bits per heavy atom. The van der Waals surface area contributed by atoms with Crippen molar-refractivity contribution < 1.29 is 13.5 Å². The Labute approximate surface area is 80.3 Å². The van der Waals surface area contributed by atoms with E-state index in [1.54, 1.807) is 19.1 Å². The third-order valence-corrected chi connectivity index (χ3v) is 1.63. The number of hydrogen-bond donors (Lipinski definition) is 0. The Balaban J connectivity index is 2.90. The van der Waals surface area contributed by atoms with Gasteiger partial charge in [0.15, 0.2) is 0 Å². The van der Waals surface area contributed by atoms with Crippen LogP contribution in [0.15, 0.2) is 18.2 Å². The van der Waals surface area contributed by atoms with E-state index in [0.717, 1.165) is 5.56 Å². The van der Waals surface area contributed by atoms with Gasteiger partial charge in [-0.2, -0.15) is 0 Å². The maximum absolute atomic E-state index is 12.2. The lowest BCUT2D eigenvalue weighted by Gasteiger charge is -2.12. The molecule has 0 aliphatic carbocycles. The molecular formula is C9H9ClF2O. The van der Waals surface area contributed by atoms with Gasteiger partial charge in [-0.05, 0) is 25.5 Å². The van der Waals surface area contributed by atoms with Crippen LogP contribution in [0.25, 0.3) is 0 Å². The van der Waals surface area contributed by atoms with Crippen LogP contribution in [-0.4, -0.2) is 5.57 Å². The van der Waals surface area contributed by atoms with E-state index in [2.05, 4.69) is 16.3 Å². The average Bonchev–Trinajstić information content (AvgIpc) is 1.93. The third kappa shape index (κ3) is 3.19. The van der Waals surface area contributed by atoms with Crippen molar-refractivity contribution >= 4 is 11.6 Å². The Morgan fingerprint density at radius 3 is 2.38 bits per heavy atom. The first-order valence-electron chi connectivity index (χ1n) is 3.71. The largest absolute Gasteiger partial charge is 0.487 e. The van der Waals surface area contributed by atoms with E-state index < -0.39 is 5.57 Å². The van der Waals surface area contributed by atoms with Gasteiger partial charge in [0.1, 0.15) is 5.75 Å². The smallest absolute Gasteiger partial charge is 0.420 e. The average molecular weight is 207 g/mol. The summed E-state index contributed by atoms with van der Waals surface area (Å²) in [7, 11) is 0. The fourth-order valence-corrected chi connectivity index (χ4v) is 1.12. The van der Waals surface area contributed by atoms with E-state index in [4.69, 9.17) is 0 Å². The lowest BCUT2D eigenvalue weighted by atomic mass is 10.1. The fraction of sp³-hybridized carbons (Fsp3) is 0.333. The second-order valence-corrected chi connectivity index (χ2v) is 3.26. The highest BCUT2D eigenvalue weighted by Gasteiger charge is 2.28. The molecule has 0 amide bonds. The van der Waals surface area contributed by atoms with Crippen LogP contribution in [0, 0.1) is 13.8 Å². The Morgan fingerprint density at radius 1 is 1.31 bits per heavy atom. The zero-order valence-electron chi connectivity index (χ0n) is 7.27. The normalized spacial score (nSPS) is 11.5. The summed E-state index contributed by atoms with van der Waals surface area (Å²) in [6, 6.07) is 4.91. The van der Waals surface area contributed by atoms with Gasteiger partial charge in [0.05, 0.1) is 0 Å². The monoisotopic (exact) mass is 206 g/mol. The first kappa shape index (κ1) is 10.3. The third-order valence-electron chi connectivity index (χ3n) is 1.56. The van der Waals surface area contributed by atoms with Crippen molar-refractivity contribution in [2.24, 2.45) is 0 Å². The topological polar surface area (TPSA) is 9.23 Å². The molecule has 0 fully saturated rings. The van der Waals surface area contributed by atoms with Crippen LogP contribution >= 0.6 is 11.6 Å². The van der Waals surface area contributed by atoms with Crippen molar-refractivity contribution in [1.29, 1.82) is 0 Å². The van der Waals surface area contributed by atoms with E-state index in [0.29, 0.717) is 5.56 Å². The summed E-state index contributed by atoms with van der Waals surface area (Å²) in [5.41, 5.74) is -2.01. The van der Waals surface area contributed by atoms with Crippen molar-refractivity contribution in [3.8, 4) is 5.75 Å². The molecule has 0 radical (unpaired) electrons. The predicted molar refractivity (Wildman–Crippen MR) is 47.3 cm³/mol. The van der Waals surface area contributed by atoms with E-state index in [-0.39, 0.29) is 5.75 Å². The van der Waals surface area contributed by atoms with Crippen molar-refractivity contribution in [1.82, 2.24) is 0 Å². The molecule has 1 aromatic rings. The molecule has 0 spiro atoms. The lowest BCUT2D eigenvalue weighted by Crippen LogP contribution is -2.16. The number of rotatable bonds is 2. The Bertz CT molecular complexity index is 307. The molecule has 0 unspecified atom stereocenters. The lowest BCUT2D eigenvalue weighted by molar-refractivity contribution is -0.0968. The van der Waals surface area contributed by atoms with Crippen molar-refractivity contribution in [3.05, 3.63) is 29.3 Å². The zero-order valence-corrected chi connectivity index (χ0v) is 8.03. The number of halogens is 3. The van der Waals surface area contributed by atoms with Gasteiger partial charge in [-0.3, -0.25) is 0 Å². The molecule has 0 atom stereocenters. The second-order valence-electron chi connectivity index (χ2n) is 2.82. The summed E-state index contributed by atoms with van der Waals surface area (Å²) in [5.74, 6) is 0.102. The minimum Gasteiger partial charge on any atom is -0.420 e. The van der Waals surface area contributed by atoms with Crippen molar-refractivity contribution in [2.45, 2.75) is 19.4 Å². The molecule has 0 aliphatic rings. The van der Waals surface area contributed by atoms with Crippen LogP contribution in [0.3, 0.4) is 0 Å². The molecule has 4 heteroatoms. The van der Waals surface area contributed by atoms with Crippen LogP contribution in [0.2, 0.25) is 0 Å². The van der Waals surface area contributed by atoms with Crippen LogP contribution in [0.4, 0.5) is 8.78 Å². The van der Waals surface area contributed by atoms with Crippen molar-refractivity contribution in [2.75, 3.05) is 0 Å². The standard InChI is InChI=1S/C9H9ClF2O/c1-6-3-4-8(7(2)5-6)13-9(10,11)12/h3-5H,1-2H3. The summed E-state index contributed by atoms with van der Waals surface area (Å²) in [6.07, 6.45) is 0. The number of ether oxygens (including phenoxy) is 1. The molecule has 0 bridgehead atoms. The van der Waals surface area contributed by atoms with E-state index in [1.807, 2.05) is 6.92 Å². The SMILES string of the molecule is Cc1ccc(OC(F)(F)Cl)c(C)c1. The maximum atomic E-state index is 12.2. The van der Waals surface area contributed by atoms with Gasteiger partial charge >= 0.3 is 5.57 Å². The quantitative estimate of drug-likeness (QED) is 0.674. The highest BCUT2D eigenvalue weighted by atomic mass is 35.5. The minimum absolute atomic E-state index is 0.102. The molecular weight excluding hydrogens is 198 g/mol. The molecule has 0 aliphatic heterocycles. The fourth-order valence-electron chi connectivity index (χ4n) is 1.04. The molecule has 0 N–H and O–H groups in total. The Kier molecular flexibility index (Phi) is 2.76. The zero-order chi connectivity index (χ0) is 10.1. The van der Waals surface area contributed by atoms with Gasteiger partial charge in [-0.1, -0.05) is 17.7 Å². The number of hydrogen-bond acceptors (Lipinski definition) is 1. The number of benzene rings is 1. The van der Waals surface area contributed by atoms with Gasteiger partial charge in [0, 0.05) is 11.6 Å². The van der Waals surface area contributed by atoms with Gasteiger partial charge < -0.3 is 4.74 Å². The summed E-state index contributed by atoms with van der Waals surface area (Å²) in [4.78, 5) is 0. The molecule has 1 rings (SSSR count). The number of aryl methyl sites for hydroxylation is 2. The van der Waals surface area contributed by atoms with Gasteiger partial charge in [-0.25, -0.2) is 0 Å². The minimum atomic E-state index is -3.64. The predicted octanol–water partition coefficient (Wildman–Crippen LogP) is 3.47. The molecule has 1 aromatic carbocycles. The van der Waals surface area contributed by atoms with E-state index in [1.165, 1.54) is 6.07 Å². The summed E-state index contributed by atoms with van der Waals surface area (Å²) < 4.78 is 28.7. The molecule has 0 heterocycles. The second kappa shape index (κ2) is 3.50. The molecule has 0 saturated carbocycles. The van der Waals surface area contributed by atoms with E-state index in [9.17, 15) is 8.78 Å². The molecule has 72 valence electrons. The molecule has 0 aromatic heterocycles. The highest BCUT2D eigenvalue weighted by Crippen LogP contribution is 2.27. The molecule has 13 heavy (non-hydrogen) atoms. The van der Waals surface area contributed by atoms with Crippen LogP contribution in [0.1, 0.15) is 11.1 Å². The van der Waals surface area contributed by atoms with Gasteiger partial charge in [-0.15, -0.1) is 8.78 Å². The summed E-state index contributed by atoms with van der Waals surface area (Å²) in [6.45, 7) is 3.56. The van der Waals surface area contributed by atoms with Crippen LogP contribution in [0.5, 0.6) is 5.75 Å². The first-order chi connectivity index (χ1) is 5.88. The Hall–Kier alpha value is -0.830. The van der Waals surface area contributed by atoms with Crippen molar-refractivity contribution in [3.63, 3.8) is 0 Å². The number of alkyl halides is 3. The first-order valence-corrected chi connectivity index (χ1v) is 4.09.